The molecule has 0 unspecified atom stereocenters. The van der Waals surface area contributed by atoms with Crippen molar-refractivity contribution in [3.63, 3.8) is 0 Å². The highest BCUT2D eigenvalue weighted by molar-refractivity contribution is 5.39. The summed E-state index contributed by atoms with van der Waals surface area (Å²) in [5, 5.41) is 0. The van der Waals surface area contributed by atoms with Crippen molar-refractivity contribution in [2.24, 2.45) is 0 Å². The van der Waals surface area contributed by atoms with Gasteiger partial charge in [0.2, 0.25) is 5.54 Å². The van der Waals surface area contributed by atoms with Gasteiger partial charge < -0.3 is 4.85 Å². The average Bonchev–Trinajstić information content (AvgIpc) is 3.16. The molecule has 1 nitrogen and oxygen atoms in total. The Morgan fingerprint density at radius 1 is 1.00 bits per heavy atom. The van der Waals surface area contributed by atoms with Crippen molar-refractivity contribution >= 4 is 0 Å². The molecule has 1 fully saturated rings. The van der Waals surface area contributed by atoms with Gasteiger partial charge in [0.25, 0.3) is 0 Å². The maximum Gasteiger partial charge on any atom is 0.244 e. The molecule has 0 saturated heterocycles. The highest BCUT2D eigenvalue weighted by atomic mass is 14.9. The molecule has 0 amide bonds. The fourth-order valence-corrected chi connectivity index (χ4v) is 2.72. The Morgan fingerprint density at radius 2 is 1.61 bits per heavy atom. The zero-order chi connectivity index (χ0) is 12.4. The molecule has 2 atom stereocenters. The molecular formula is C17H15N. The van der Waals surface area contributed by atoms with Crippen LogP contribution >= 0.6 is 0 Å². The summed E-state index contributed by atoms with van der Waals surface area (Å²) in [6.45, 7) is 7.52. The van der Waals surface area contributed by atoms with Crippen LogP contribution in [-0.4, -0.2) is 5.54 Å². The molecule has 0 radical (unpaired) electrons. The molecule has 0 bridgehead atoms. The molecule has 0 heterocycles. The second-order valence-corrected chi connectivity index (χ2v) is 5.05. The second kappa shape index (κ2) is 4.31. The largest absolute Gasteiger partial charge is 0.309 e. The zero-order valence-electron chi connectivity index (χ0n) is 10.2. The highest BCUT2D eigenvalue weighted by Crippen LogP contribution is 2.56. The molecule has 3 rings (SSSR count). The first-order valence-electron chi connectivity index (χ1n) is 6.31. The van der Waals surface area contributed by atoms with E-state index in [1.54, 1.807) is 0 Å². The summed E-state index contributed by atoms with van der Waals surface area (Å²) in [6.07, 6.45) is 1.87. The number of nitrogens with zero attached hydrogens (tertiary/aromatic N) is 1. The van der Waals surface area contributed by atoms with E-state index < -0.39 is 0 Å². The minimum absolute atomic E-state index is 0.192. The third kappa shape index (κ3) is 1.91. The Morgan fingerprint density at radius 3 is 2.22 bits per heavy atom. The molecular weight excluding hydrogens is 218 g/mol. The van der Waals surface area contributed by atoms with Gasteiger partial charge in [0.05, 0.1) is 12.3 Å². The van der Waals surface area contributed by atoms with Crippen molar-refractivity contribution in [2.75, 3.05) is 0 Å². The SMILES string of the molecule is [C-]#[N+][C@@]1(Cc2ccccc2)C[C@@H]1c1ccccc1. The van der Waals surface area contributed by atoms with Crippen LogP contribution in [0.2, 0.25) is 0 Å². The van der Waals surface area contributed by atoms with Crippen LogP contribution in [0.3, 0.4) is 0 Å². The first-order chi connectivity index (χ1) is 8.84. The van der Waals surface area contributed by atoms with E-state index in [-0.39, 0.29) is 5.54 Å². The Balaban J connectivity index is 1.82. The first kappa shape index (κ1) is 11.0. The standard InChI is InChI=1S/C17H15N/c1-18-17(12-14-8-4-2-5-9-14)13-16(17)15-10-6-3-7-11-15/h2-11,16H,12-13H2/t16-,17+/m1/s1. The van der Waals surface area contributed by atoms with Crippen LogP contribution in [0.25, 0.3) is 4.85 Å². The molecule has 1 heteroatoms. The van der Waals surface area contributed by atoms with Gasteiger partial charge in [-0.25, -0.2) is 6.57 Å². The van der Waals surface area contributed by atoms with Crippen LogP contribution in [0.15, 0.2) is 60.7 Å². The van der Waals surface area contributed by atoms with E-state index in [1.165, 1.54) is 11.1 Å². The van der Waals surface area contributed by atoms with Gasteiger partial charge in [-0.3, -0.25) is 0 Å². The van der Waals surface area contributed by atoms with E-state index in [4.69, 9.17) is 6.57 Å². The van der Waals surface area contributed by atoms with Gasteiger partial charge in [-0.15, -0.1) is 0 Å². The number of hydrogen-bond acceptors (Lipinski definition) is 0. The van der Waals surface area contributed by atoms with Gasteiger partial charge in [-0.1, -0.05) is 60.7 Å². The number of benzene rings is 2. The van der Waals surface area contributed by atoms with Crippen LogP contribution in [0.1, 0.15) is 23.5 Å². The second-order valence-electron chi connectivity index (χ2n) is 5.05. The van der Waals surface area contributed by atoms with Crippen LogP contribution in [0.5, 0.6) is 0 Å². The van der Waals surface area contributed by atoms with E-state index >= 15 is 0 Å². The van der Waals surface area contributed by atoms with Crippen molar-refractivity contribution in [2.45, 2.75) is 24.3 Å². The van der Waals surface area contributed by atoms with Crippen LogP contribution in [0, 0.1) is 6.57 Å². The summed E-state index contributed by atoms with van der Waals surface area (Å²) >= 11 is 0. The topological polar surface area (TPSA) is 4.36 Å². The maximum absolute atomic E-state index is 7.52. The molecule has 1 aliphatic carbocycles. The van der Waals surface area contributed by atoms with Gasteiger partial charge in [0.15, 0.2) is 0 Å². The minimum Gasteiger partial charge on any atom is -0.309 e. The van der Waals surface area contributed by atoms with E-state index in [0.29, 0.717) is 5.92 Å². The Hall–Kier alpha value is -2.07. The molecule has 1 saturated carbocycles. The quantitative estimate of drug-likeness (QED) is 0.704. The van der Waals surface area contributed by atoms with Gasteiger partial charge in [-0.2, -0.15) is 0 Å². The lowest BCUT2D eigenvalue weighted by Crippen LogP contribution is -2.10. The average molecular weight is 233 g/mol. The monoisotopic (exact) mass is 233 g/mol. The van der Waals surface area contributed by atoms with Crippen LogP contribution < -0.4 is 0 Å². The molecule has 88 valence electrons. The molecule has 0 aliphatic heterocycles. The third-order valence-corrected chi connectivity index (χ3v) is 3.82. The summed E-state index contributed by atoms with van der Waals surface area (Å²) in [5.41, 5.74) is 2.39. The molecule has 1 aliphatic rings. The van der Waals surface area contributed by atoms with Crippen molar-refractivity contribution in [3.05, 3.63) is 83.2 Å². The highest BCUT2D eigenvalue weighted by Gasteiger charge is 2.62. The van der Waals surface area contributed by atoms with Crippen molar-refractivity contribution in [1.82, 2.24) is 0 Å². The van der Waals surface area contributed by atoms with E-state index in [0.717, 1.165) is 12.8 Å². The van der Waals surface area contributed by atoms with E-state index in [2.05, 4.69) is 41.2 Å². The van der Waals surface area contributed by atoms with E-state index in [9.17, 15) is 0 Å². The zero-order valence-corrected chi connectivity index (χ0v) is 10.2. The Labute approximate surface area is 108 Å². The fourth-order valence-electron chi connectivity index (χ4n) is 2.72. The molecule has 0 spiro atoms. The lowest BCUT2D eigenvalue weighted by atomic mass is 9.99. The Kier molecular flexibility index (Phi) is 2.64. The van der Waals surface area contributed by atoms with Crippen molar-refractivity contribution in [1.29, 1.82) is 0 Å². The maximum atomic E-state index is 7.52. The predicted octanol–water partition coefficient (Wildman–Crippen LogP) is 4.07. The molecule has 18 heavy (non-hydrogen) atoms. The molecule has 2 aromatic carbocycles. The first-order valence-corrected chi connectivity index (χ1v) is 6.31. The van der Waals surface area contributed by atoms with Gasteiger partial charge >= 0.3 is 0 Å². The van der Waals surface area contributed by atoms with Gasteiger partial charge in [-0.05, 0) is 11.1 Å². The molecule has 0 N–H and O–H groups in total. The number of rotatable bonds is 3. The van der Waals surface area contributed by atoms with Gasteiger partial charge in [0, 0.05) is 6.42 Å². The van der Waals surface area contributed by atoms with Crippen molar-refractivity contribution < 1.29 is 0 Å². The summed E-state index contributed by atoms with van der Waals surface area (Å²) in [4.78, 5) is 3.93. The van der Waals surface area contributed by atoms with Crippen LogP contribution in [-0.2, 0) is 6.42 Å². The third-order valence-electron chi connectivity index (χ3n) is 3.82. The lowest BCUT2D eigenvalue weighted by Gasteiger charge is -2.05. The smallest absolute Gasteiger partial charge is 0.244 e. The predicted molar refractivity (Wildman–Crippen MR) is 73.3 cm³/mol. The van der Waals surface area contributed by atoms with E-state index in [1.807, 2.05) is 24.3 Å². The fraction of sp³-hybridized carbons (Fsp3) is 0.235. The minimum atomic E-state index is -0.192. The molecule has 0 aromatic heterocycles. The lowest BCUT2D eigenvalue weighted by molar-refractivity contribution is 0.749. The normalized spacial score (nSPS) is 25.4. The summed E-state index contributed by atoms with van der Waals surface area (Å²) < 4.78 is 0. The van der Waals surface area contributed by atoms with Gasteiger partial charge in [0.1, 0.15) is 0 Å². The van der Waals surface area contributed by atoms with Crippen LogP contribution in [0.4, 0.5) is 0 Å². The van der Waals surface area contributed by atoms with Crippen molar-refractivity contribution in [3.8, 4) is 0 Å². The Bertz CT molecular complexity index is 568. The summed E-state index contributed by atoms with van der Waals surface area (Å²) in [7, 11) is 0. The summed E-state index contributed by atoms with van der Waals surface area (Å²) in [6, 6.07) is 20.8. The molecule has 2 aromatic rings. The summed E-state index contributed by atoms with van der Waals surface area (Å²) in [5.74, 6) is 0.413. The number of hydrogen-bond donors (Lipinski definition) is 0.